The molecule has 346 valence electrons. The molecule has 5 amide bonds. The lowest BCUT2D eigenvalue weighted by molar-refractivity contribution is -0.122. The molecule has 0 aliphatic rings. The van der Waals surface area contributed by atoms with Gasteiger partial charge in [-0.15, -0.1) is 0 Å². The summed E-state index contributed by atoms with van der Waals surface area (Å²) in [6, 6.07) is 6.73. The van der Waals surface area contributed by atoms with Gasteiger partial charge in [0, 0.05) is 78.2 Å². The third-order valence-electron chi connectivity index (χ3n) is 8.33. The fraction of sp³-hybridized carbons (Fsp3) is 0.675. The molecule has 0 saturated carbocycles. The lowest BCUT2D eigenvalue weighted by Crippen LogP contribution is -2.39. The van der Waals surface area contributed by atoms with Gasteiger partial charge in [0.05, 0.1) is 31.6 Å². The third-order valence-corrected chi connectivity index (χ3v) is 8.33. The lowest BCUT2D eigenvalue weighted by atomic mass is 10.1. The van der Waals surface area contributed by atoms with Crippen LogP contribution in [-0.2, 0) is 47.7 Å². The van der Waals surface area contributed by atoms with E-state index in [0.717, 1.165) is 24.8 Å². The molecule has 0 heterocycles. The van der Waals surface area contributed by atoms with Gasteiger partial charge in [-0.25, -0.2) is 9.59 Å². The summed E-state index contributed by atoms with van der Waals surface area (Å²) in [6.07, 6.45) is 4.32. The summed E-state index contributed by atoms with van der Waals surface area (Å²) < 4.78 is 31.3. The highest BCUT2D eigenvalue weighted by atomic mass is 16.6. The summed E-state index contributed by atoms with van der Waals surface area (Å²) in [7, 11) is 4.72. The van der Waals surface area contributed by atoms with E-state index >= 15 is 0 Å². The summed E-state index contributed by atoms with van der Waals surface area (Å²) >= 11 is 0. The highest BCUT2D eigenvalue weighted by Crippen LogP contribution is 2.08. The maximum absolute atomic E-state index is 12.4. The van der Waals surface area contributed by atoms with Crippen LogP contribution >= 0.6 is 0 Å². The van der Waals surface area contributed by atoms with Crippen molar-refractivity contribution in [2.24, 2.45) is 16.0 Å². The Balaban J connectivity index is 2.11. The van der Waals surface area contributed by atoms with E-state index in [1.165, 1.54) is 14.2 Å². The normalized spacial score (nSPS) is 11.9. The molecular formula is C40H68N8O13. The Morgan fingerprint density at radius 3 is 1.98 bits per heavy atom. The van der Waals surface area contributed by atoms with E-state index in [4.69, 9.17) is 43.8 Å². The van der Waals surface area contributed by atoms with E-state index in [9.17, 15) is 24.0 Å². The van der Waals surface area contributed by atoms with Crippen LogP contribution in [0.15, 0.2) is 34.6 Å². The summed E-state index contributed by atoms with van der Waals surface area (Å²) in [5.41, 5.74) is 7.36. The van der Waals surface area contributed by atoms with Crippen LogP contribution in [0.1, 0.15) is 74.2 Å². The number of alkyl carbamates (subject to hydrolysis) is 2. The van der Waals surface area contributed by atoms with Gasteiger partial charge in [-0.1, -0.05) is 22.4 Å². The minimum atomic E-state index is -0.732. The summed E-state index contributed by atoms with van der Waals surface area (Å²) in [5, 5.41) is 21.7. The van der Waals surface area contributed by atoms with Gasteiger partial charge in [-0.05, 0) is 70.2 Å². The van der Waals surface area contributed by atoms with Crippen LogP contribution in [0.2, 0.25) is 0 Å². The zero-order chi connectivity index (χ0) is 44.8. The molecule has 0 radical (unpaired) electrons. The molecule has 1 aromatic carbocycles. The van der Waals surface area contributed by atoms with E-state index in [0.29, 0.717) is 89.7 Å². The number of primary amides is 1. The van der Waals surface area contributed by atoms with E-state index in [1.807, 2.05) is 19.1 Å². The second kappa shape index (κ2) is 36.7. The molecule has 7 N–H and O–H groups in total. The second-order valence-corrected chi connectivity index (χ2v) is 13.3. The Morgan fingerprint density at radius 1 is 0.705 bits per heavy atom. The predicted octanol–water partition coefficient (Wildman–Crippen LogP) is 1.62. The standard InChI is InChI=1S/C40H68N8O13/c1-31(32-13-15-33(16-14-32)38(51)44-17-6-5-11-35(42-2)37(41)50)48-61-25-10-24-60-47-18-7-8-22-56-28-21-43-36(49)12-9-23-57-34(29-58-39(52)45-19-26-54-3)30-59-40(53)46-20-27-55-4/h13-16,18,34-35,42H,5-12,17,19-30H2,1-4H3,(H2,41,50)(H,43,49)(H,44,51)(H,45,52)(H,46,53)/b47-18+,48-31+/t35-/m0/s1. The highest BCUT2D eigenvalue weighted by molar-refractivity contribution is 6.00. The van der Waals surface area contributed by atoms with Crippen LogP contribution in [0.3, 0.4) is 0 Å². The Labute approximate surface area is 358 Å². The average Bonchev–Trinajstić information content (AvgIpc) is 3.25. The number of nitrogens with zero attached hydrogens (tertiary/aromatic N) is 2. The third kappa shape index (κ3) is 29.7. The number of amides is 5. The van der Waals surface area contributed by atoms with Gasteiger partial charge in [-0.3, -0.25) is 14.4 Å². The number of carbonyl (C=O) groups is 5. The van der Waals surface area contributed by atoms with Gasteiger partial charge in [0.25, 0.3) is 5.91 Å². The first-order valence-corrected chi connectivity index (χ1v) is 20.5. The Morgan fingerprint density at radius 2 is 1.34 bits per heavy atom. The summed E-state index contributed by atoms with van der Waals surface area (Å²) in [6.45, 7) is 5.31. The average molecular weight is 869 g/mol. The Hall–Kier alpha value is -5.09. The van der Waals surface area contributed by atoms with E-state index in [1.54, 1.807) is 25.4 Å². The Kier molecular flexibility index (Phi) is 32.5. The molecule has 21 heteroatoms. The molecule has 0 fully saturated rings. The van der Waals surface area contributed by atoms with E-state index < -0.39 is 18.3 Å². The molecule has 61 heavy (non-hydrogen) atoms. The van der Waals surface area contributed by atoms with Crippen LogP contribution in [0, 0.1) is 0 Å². The van der Waals surface area contributed by atoms with Crippen LogP contribution < -0.4 is 32.3 Å². The zero-order valence-electron chi connectivity index (χ0n) is 36.2. The lowest BCUT2D eigenvalue weighted by Gasteiger charge is -2.18. The minimum absolute atomic E-state index is 0.160. The summed E-state index contributed by atoms with van der Waals surface area (Å²) in [4.78, 5) is 70.3. The molecule has 1 rings (SSSR count). The fourth-order valence-corrected chi connectivity index (χ4v) is 4.92. The molecule has 0 saturated heterocycles. The van der Waals surface area contributed by atoms with Crippen molar-refractivity contribution in [3.63, 3.8) is 0 Å². The van der Waals surface area contributed by atoms with Crippen molar-refractivity contribution in [3.8, 4) is 0 Å². The van der Waals surface area contributed by atoms with Crippen molar-refractivity contribution in [3.05, 3.63) is 35.4 Å². The molecule has 0 aliphatic heterocycles. The molecule has 21 nitrogen and oxygen atoms in total. The number of ether oxygens (including phenoxy) is 6. The molecule has 0 bridgehead atoms. The first-order chi connectivity index (χ1) is 29.6. The van der Waals surface area contributed by atoms with Crippen LogP contribution in [-0.4, -0.2) is 161 Å². The Bertz CT molecular complexity index is 1390. The zero-order valence-corrected chi connectivity index (χ0v) is 36.2. The van der Waals surface area contributed by atoms with Gasteiger partial charge >= 0.3 is 12.2 Å². The molecule has 0 unspecified atom stereocenters. The van der Waals surface area contributed by atoms with Gasteiger partial charge in [0.15, 0.2) is 0 Å². The van der Waals surface area contributed by atoms with Crippen molar-refractivity contribution in [2.45, 2.75) is 70.4 Å². The predicted molar refractivity (Wildman–Crippen MR) is 226 cm³/mol. The van der Waals surface area contributed by atoms with E-state index in [-0.39, 0.29) is 63.1 Å². The van der Waals surface area contributed by atoms with Crippen LogP contribution in [0.5, 0.6) is 0 Å². The number of rotatable bonds is 37. The highest BCUT2D eigenvalue weighted by Gasteiger charge is 2.16. The number of methoxy groups -OCH3 is 2. The number of hydrogen-bond acceptors (Lipinski definition) is 16. The maximum atomic E-state index is 12.4. The fourth-order valence-electron chi connectivity index (χ4n) is 4.92. The molecule has 1 atom stereocenters. The van der Waals surface area contributed by atoms with Crippen molar-refractivity contribution in [1.82, 2.24) is 26.6 Å². The molecule has 0 spiro atoms. The number of unbranched alkanes of at least 4 members (excludes halogenated alkanes) is 2. The second-order valence-electron chi connectivity index (χ2n) is 13.3. The number of nitrogens with two attached hydrogens (primary N) is 1. The number of hydrogen-bond donors (Lipinski definition) is 6. The SMILES string of the molecule is CN[C@@H](CCCCNC(=O)c1ccc(/C(C)=N/OCCCO/N=C/CCCOCCNC(=O)CCCOC(COC(=O)NCCOC)COC(=O)NCCOC)cc1)C(N)=O. The summed E-state index contributed by atoms with van der Waals surface area (Å²) in [5.74, 6) is -0.717. The van der Waals surface area contributed by atoms with E-state index in [2.05, 4.69) is 36.9 Å². The van der Waals surface area contributed by atoms with Gasteiger partial charge in [0.1, 0.15) is 32.5 Å². The maximum Gasteiger partial charge on any atom is 0.407 e. The topological polar surface area (TPSA) is 270 Å². The minimum Gasteiger partial charge on any atom is -0.447 e. The number of nitrogens with one attached hydrogen (secondary N) is 5. The number of benzene rings is 1. The number of oxime groups is 2. The molecule has 1 aromatic rings. The van der Waals surface area contributed by atoms with Gasteiger partial charge in [-0.2, -0.15) is 0 Å². The first kappa shape index (κ1) is 53.9. The van der Waals surface area contributed by atoms with Crippen molar-refractivity contribution >= 4 is 41.8 Å². The van der Waals surface area contributed by atoms with Crippen molar-refractivity contribution in [1.29, 1.82) is 0 Å². The first-order valence-electron chi connectivity index (χ1n) is 20.5. The van der Waals surface area contributed by atoms with Crippen LogP contribution in [0.4, 0.5) is 9.59 Å². The number of carbonyl (C=O) groups excluding carboxylic acids is 5. The molecule has 0 aromatic heterocycles. The monoisotopic (exact) mass is 868 g/mol. The quantitative estimate of drug-likeness (QED) is 0.0315. The molecule has 0 aliphatic carbocycles. The smallest absolute Gasteiger partial charge is 0.407 e. The van der Waals surface area contributed by atoms with Gasteiger partial charge in [0.2, 0.25) is 11.8 Å². The van der Waals surface area contributed by atoms with Crippen molar-refractivity contribution < 1.29 is 62.1 Å². The number of likely N-dealkylation sites (N-methyl/N-ethyl adjacent to an activating group) is 1. The largest absolute Gasteiger partial charge is 0.447 e. The van der Waals surface area contributed by atoms with Crippen molar-refractivity contribution in [2.75, 3.05) is 107 Å². The molecular weight excluding hydrogens is 800 g/mol. The van der Waals surface area contributed by atoms with Crippen LogP contribution in [0.25, 0.3) is 0 Å². The van der Waals surface area contributed by atoms with Gasteiger partial charge < -0.3 is 70.4 Å².